The van der Waals surface area contributed by atoms with E-state index in [-0.39, 0.29) is 0 Å². The smallest absolute Gasteiger partial charge is 0.327 e. The molecule has 27 heavy (non-hydrogen) atoms. The molecular weight excluding hydrogens is 350 g/mol. The number of nitrogens with zero attached hydrogens (tertiary/aromatic N) is 1. The zero-order chi connectivity index (χ0) is 20.0. The van der Waals surface area contributed by atoms with E-state index >= 15 is 0 Å². The van der Waals surface area contributed by atoms with Crippen LogP contribution in [0.25, 0.3) is 0 Å². The van der Waals surface area contributed by atoms with Crippen LogP contribution in [0, 0.1) is 0 Å². The minimum absolute atomic E-state index is 0.405. The molecule has 1 aliphatic rings. The molecule has 4 amide bonds. The number of imide groups is 1. The van der Waals surface area contributed by atoms with Gasteiger partial charge in [0, 0.05) is 6.54 Å². The van der Waals surface area contributed by atoms with Crippen LogP contribution in [0.15, 0.2) is 30.3 Å². The highest BCUT2D eigenvalue weighted by atomic mass is 16.5. The Kier molecular flexibility index (Phi) is 6.55. The molecule has 2 N–H and O–H groups in total. The molecule has 0 aromatic heterocycles. The van der Waals surface area contributed by atoms with Crippen LogP contribution >= 0.6 is 0 Å². The molecule has 1 aliphatic heterocycles. The topological polar surface area (TPSA) is 105 Å². The van der Waals surface area contributed by atoms with Crippen molar-refractivity contribution in [2.75, 3.05) is 13.1 Å². The van der Waals surface area contributed by atoms with Crippen LogP contribution in [0.1, 0.15) is 32.8 Å². The molecule has 8 heteroatoms. The summed E-state index contributed by atoms with van der Waals surface area (Å²) in [6.07, 6.45) is 0.0147. The number of amides is 4. The van der Waals surface area contributed by atoms with Crippen molar-refractivity contribution < 1.29 is 23.9 Å². The van der Waals surface area contributed by atoms with Crippen molar-refractivity contribution in [2.45, 2.75) is 45.3 Å². The van der Waals surface area contributed by atoms with E-state index in [2.05, 4.69) is 10.6 Å². The van der Waals surface area contributed by atoms with Crippen molar-refractivity contribution >= 4 is 23.8 Å². The lowest BCUT2D eigenvalue weighted by molar-refractivity contribution is -0.156. The summed E-state index contributed by atoms with van der Waals surface area (Å²) in [7, 11) is 0. The fourth-order valence-electron chi connectivity index (χ4n) is 2.83. The quantitative estimate of drug-likeness (QED) is 0.521. The molecule has 0 aliphatic carbocycles. The van der Waals surface area contributed by atoms with Crippen molar-refractivity contribution in [3.63, 3.8) is 0 Å². The van der Waals surface area contributed by atoms with E-state index in [1.165, 1.54) is 6.92 Å². The number of rotatable bonds is 8. The summed E-state index contributed by atoms with van der Waals surface area (Å²) in [5.74, 6) is -1.73. The Hall–Kier alpha value is -2.90. The highest BCUT2D eigenvalue weighted by Gasteiger charge is 2.48. The first-order valence-electron chi connectivity index (χ1n) is 8.92. The summed E-state index contributed by atoms with van der Waals surface area (Å²) in [6, 6.07) is 8.97. The fraction of sp³-hybridized carbons (Fsp3) is 0.474. The maximum Gasteiger partial charge on any atom is 0.327 e. The van der Waals surface area contributed by atoms with Gasteiger partial charge in [-0.1, -0.05) is 30.3 Å². The lowest BCUT2D eigenvalue weighted by Crippen LogP contribution is -2.45. The molecule has 2 rings (SSSR count). The van der Waals surface area contributed by atoms with Gasteiger partial charge in [-0.3, -0.25) is 19.3 Å². The molecule has 146 valence electrons. The van der Waals surface area contributed by atoms with Gasteiger partial charge in [-0.05, 0) is 39.2 Å². The third kappa shape index (κ3) is 5.06. The number of carbonyl (C=O) groups excluding carboxylic acids is 4. The summed E-state index contributed by atoms with van der Waals surface area (Å²) in [6.45, 7) is 4.69. The van der Waals surface area contributed by atoms with Crippen LogP contribution in [0.2, 0.25) is 0 Å². The number of aryl methyl sites for hydroxylation is 1. The van der Waals surface area contributed by atoms with E-state index in [1.807, 2.05) is 30.3 Å². The van der Waals surface area contributed by atoms with E-state index in [4.69, 9.17) is 4.74 Å². The molecule has 1 aromatic carbocycles. The lowest BCUT2D eigenvalue weighted by Gasteiger charge is -2.21. The van der Waals surface area contributed by atoms with Gasteiger partial charge in [0.25, 0.3) is 11.8 Å². The van der Waals surface area contributed by atoms with Gasteiger partial charge in [-0.25, -0.2) is 4.79 Å². The number of hydrogen-bond donors (Lipinski definition) is 2. The van der Waals surface area contributed by atoms with Gasteiger partial charge in [-0.2, -0.15) is 0 Å². The molecule has 8 nitrogen and oxygen atoms in total. The first-order chi connectivity index (χ1) is 12.8. The number of esters is 1. The van der Waals surface area contributed by atoms with Crippen LogP contribution in [0.3, 0.4) is 0 Å². The number of likely N-dealkylation sites (N-methyl/N-ethyl adjacent to an activating group) is 1. The maximum atomic E-state index is 12.7. The van der Waals surface area contributed by atoms with Crippen LogP contribution in [0.5, 0.6) is 0 Å². The summed E-state index contributed by atoms with van der Waals surface area (Å²) < 4.78 is 5.00. The SMILES string of the molecule is CCNC(=O)[C@H](C)OC(=O)CN1C(=O)N[C@@](C)(CCc2ccccc2)C1=O. The summed E-state index contributed by atoms with van der Waals surface area (Å²) in [4.78, 5) is 49.3. The minimum atomic E-state index is -1.08. The molecule has 0 radical (unpaired) electrons. The fourth-order valence-corrected chi connectivity index (χ4v) is 2.83. The molecule has 1 heterocycles. The van der Waals surface area contributed by atoms with Gasteiger partial charge in [0.15, 0.2) is 6.10 Å². The van der Waals surface area contributed by atoms with E-state index in [0.29, 0.717) is 19.4 Å². The van der Waals surface area contributed by atoms with Crippen LogP contribution in [-0.4, -0.2) is 53.4 Å². The number of hydrogen-bond acceptors (Lipinski definition) is 5. The van der Waals surface area contributed by atoms with Crippen molar-refractivity contribution in [3.05, 3.63) is 35.9 Å². The van der Waals surface area contributed by atoms with Gasteiger partial charge < -0.3 is 15.4 Å². The van der Waals surface area contributed by atoms with Crippen molar-refractivity contribution in [1.29, 1.82) is 0 Å². The van der Waals surface area contributed by atoms with Crippen molar-refractivity contribution in [1.82, 2.24) is 15.5 Å². The Morgan fingerprint density at radius 1 is 1.26 bits per heavy atom. The van der Waals surface area contributed by atoms with Gasteiger partial charge in [0.1, 0.15) is 12.1 Å². The van der Waals surface area contributed by atoms with Gasteiger partial charge in [0.2, 0.25) is 0 Å². The second-order valence-electron chi connectivity index (χ2n) is 6.67. The summed E-state index contributed by atoms with van der Waals surface area (Å²) in [5.41, 5.74) is -0.0345. The zero-order valence-electron chi connectivity index (χ0n) is 15.8. The molecule has 0 unspecified atom stereocenters. The monoisotopic (exact) mass is 375 g/mol. The first-order valence-corrected chi connectivity index (χ1v) is 8.92. The van der Waals surface area contributed by atoms with Crippen molar-refractivity contribution in [3.8, 4) is 0 Å². The second kappa shape index (κ2) is 8.66. The molecule has 0 bridgehead atoms. The summed E-state index contributed by atoms with van der Waals surface area (Å²) >= 11 is 0. The average Bonchev–Trinajstić information content (AvgIpc) is 2.84. The number of carbonyl (C=O) groups is 4. The molecule has 2 atom stereocenters. The summed E-state index contributed by atoms with van der Waals surface area (Å²) in [5, 5.41) is 5.18. The van der Waals surface area contributed by atoms with Gasteiger partial charge in [-0.15, -0.1) is 0 Å². The number of benzene rings is 1. The highest BCUT2D eigenvalue weighted by Crippen LogP contribution is 2.23. The van der Waals surface area contributed by atoms with Gasteiger partial charge >= 0.3 is 12.0 Å². The van der Waals surface area contributed by atoms with Crippen LogP contribution in [0.4, 0.5) is 4.79 Å². The number of nitrogens with one attached hydrogen (secondary N) is 2. The first kappa shape index (κ1) is 20.4. The van der Waals surface area contributed by atoms with Gasteiger partial charge in [0.05, 0.1) is 0 Å². The third-order valence-corrected chi connectivity index (χ3v) is 4.42. The zero-order valence-corrected chi connectivity index (χ0v) is 15.8. The molecular formula is C19H25N3O5. The van der Waals surface area contributed by atoms with E-state index in [9.17, 15) is 19.2 Å². The Morgan fingerprint density at radius 3 is 2.56 bits per heavy atom. The number of ether oxygens (including phenoxy) is 1. The Balaban J connectivity index is 1.94. The molecule has 1 saturated heterocycles. The van der Waals surface area contributed by atoms with Crippen LogP contribution < -0.4 is 10.6 Å². The van der Waals surface area contributed by atoms with E-state index < -0.39 is 42.0 Å². The molecule has 1 fully saturated rings. The van der Waals surface area contributed by atoms with Crippen LogP contribution in [-0.2, 0) is 25.5 Å². The Labute approximate surface area is 158 Å². The molecule has 1 aromatic rings. The Morgan fingerprint density at radius 2 is 1.93 bits per heavy atom. The normalized spacial score (nSPS) is 20.2. The largest absolute Gasteiger partial charge is 0.451 e. The predicted octanol–water partition coefficient (Wildman–Crippen LogP) is 0.998. The van der Waals surface area contributed by atoms with E-state index in [0.717, 1.165) is 10.5 Å². The maximum absolute atomic E-state index is 12.7. The van der Waals surface area contributed by atoms with E-state index in [1.54, 1.807) is 13.8 Å². The second-order valence-corrected chi connectivity index (χ2v) is 6.67. The number of urea groups is 1. The lowest BCUT2D eigenvalue weighted by atomic mass is 9.93. The minimum Gasteiger partial charge on any atom is -0.451 e. The Bertz CT molecular complexity index is 721. The standard InChI is InChI=1S/C19H25N3O5/c1-4-20-16(24)13(2)27-15(23)12-22-17(25)19(3,21-18(22)26)11-10-14-8-6-5-7-9-14/h5-9,13H,4,10-12H2,1-3H3,(H,20,24)(H,21,26)/t13-,19-/m0/s1. The van der Waals surface area contributed by atoms with Crippen molar-refractivity contribution in [2.24, 2.45) is 0 Å². The predicted molar refractivity (Wildman–Crippen MR) is 97.7 cm³/mol. The average molecular weight is 375 g/mol. The molecule has 0 spiro atoms. The highest BCUT2D eigenvalue weighted by molar-refractivity contribution is 6.08. The third-order valence-electron chi connectivity index (χ3n) is 4.42. The molecule has 0 saturated carbocycles.